The standard InChI is InChI=1S/C17H22N2O5/c1-9(2)24-12-7-6-11(8-13(12)22-4)15-14(16(20)23-5)10(3)18-17(21)19-15/h6-9,15H,1-5H3,(H2,18,19,21)/t15-/m1/s1. The van der Waals surface area contributed by atoms with Gasteiger partial charge in [-0.15, -0.1) is 0 Å². The Morgan fingerprint density at radius 3 is 2.50 bits per heavy atom. The lowest BCUT2D eigenvalue weighted by Gasteiger charge is -2.28. The molecule has 0 aliphatic carbocycles. The maximum absolute atomic E-state index is 12.1. The van der Waals surface area contributed by atoms with Crippen LogP contribution in [0.5, 0.6) is 11.5 Å². The van der Waals surface area contributed by atoms with E-state index in [9.17, 15) is 9.59 Å². The Labute approximate surface area is 141 Å². The summed E-state index contributed by atoms with van der Waals surface area (Å²) >= 11 is 0. The van der Waals surface area contributed by atoms with Gasteiger partial charge in [0.15, 0.2) is 11.5 Å². The maximum atomic E-state index is 12.1. The number of allylic oxidation sites excluding steroid dienone is 1. The minimum atomic E-state index is -0.631. The number of carbonyl (C=O) groups is 2. The highest BCUT2D eigenvalue weighted by atomic mass is 16.5. The summed E-state index contributed by atoms with van der Waals surface area (Å²) in [7, 11) is 2.84. The molecule has 0 spiro atoms. The van der Waals surface area contributed by atoms with Crippen LogP contribution >= 0.6 is 0 Å². The van der Waals surface area contributed by atoms with Crippen molar-refractivity contribution < 1.29 is 23.8 Å². The summed E-state index contributed by atoms with van der Waals surface area (Å²) in [6.07, 6.45) is -0.00361. The van der Waals surface area contributed by atoms with Crippen LogP contribution in [0.3, 0.4) is 0 Å². The first kappa shape index (κ1) is 17.7. The van der Waals surface area contributed by atoms with Gasteiger partial charge >= 0.3 is 12.0 Å². The molecule has 2 amide bonds. The van der Waals surface area contributed by atoms with E-state index in [1.54, 1.807) is 25.1 Å². The zero-order chi connectivity index (χ0) is 17.9. The van der Waals surface area contributed by atoms with Crippen molar-refractivity contribution in [3.05, 3.63) is 35.0 Å². The van der Waals surface area contributed by atoms with E-state index in [0.29, 0.717) is 28.3 Å². The van der Waals surface area contributed by atoms with Crippen LogP contribution in [0.15, 0.2) is 29.5 Å². The smallest absolute Gasteiger partial charge is 0.337 e. The molecule has 1 aromatic carbocycles. The average Bonchev–Trinajstić information content (AvgIpc) is 2.53. The van der Waals surface area contributed by atoms with E-state index in [1.165, 1.54) is 14.2 Å². The fourth-order valence-corrected chi connectivity index (χ4v) is 2.54. The molecule has 2 rings (SSSR count). The second kappa shape index (κ2) is 7.25. The van der Waals surface area contributed by atoms with Crippen molar-refractivity contribution in [2.24, 2.45) is 0 Å². The monoisotopic (exact) mass is 334 g/mol. The molecule has 7 heteroatoms. The topological polar surface area (TPSA) is 85.9 Å². The third kappa shape index (κ3) is 3.61. The summed E-state index contributed by atoms with van der Waals surface area (Å²) in [5, 5.41) is 5.32. The van der Waals surface area contributed by atoms with Crippen LogP contribution in [-0.2, 0) is 9.53 Å². The van der Waals surface area contributed by atoms with Crippen molar-refractivity contribution >= 4 is 12.0 Å². The van der Waals surface area contributed by atoms with E-state index in [4.69, 9.17) is 14.2 Å². The number of hydrogen-bond acceptors (Lipinski definition) is 5. The molecule has 1 atom stereocenters. The van der Waals surface area contributed by atoms with Crippen LogP contribution in [0.25, 0.3) is 0 Å². The van der Waals surface area contributed by atoms with Gasteiger partial charge in [-0.1, -0.05) is 6.07 Å². The van der Waals surface area contributed by atoms with Crippen LogP contribution < -0.4 is 20.1 Å². The molecule has 1 heterocycles. The molecule has 0 bridgehead atoms. The van der Waals surface area contributed by atoms with Crippen molar-refractivity contribution in [1.29, 1.82) is 0 Å². The summed E-state index contributed by atoms with van der Waals surface area (Å²) in [6, 6.07) is 4.27. The highest BCUT2D eigenvalue weighted by Crippen LogP contribution is 2.34. The highest BCUT2D eigenvalue weighted by Gasteiger charge is 2.32. The molecule has 1 aromatic rings. The fourth-order valence-electron chi connectivity index (χ4n) is 2.54. The summed E-state index contributed by atoms with van der Waals surface area (Å²) in [5.41, 5.74) is 1.49. The number of carbonyl (C=O) groups excluding carboxylic acids is 2. The van der Waals surface area contributed by atoms with Crippen molar-refractivity contribution in [2.75, 3.05) is 14.2 Å². The number of amides is 2. The summed E-state index contributed by atoms with van der Waals surface area (Å²) in [4.78, 5) is 23.9. The number of urea groups is 1. The molecular weight excluding hydrogens is 312 g/mol. The van der Waals surface area contributed by atoms with Gasteiger partial charge in [-0.25, -0.2) is 9.59 Å². The predicted molar refractivity (Wildman–Crippen MR) is 87.9 cm³/mol. The van der Waals surface area contributed by atoms with Gasteiger partial charge in [0.25, 0.3) is 0 Å². The lowest BCUT2D eigenvalue weighted by molar-refractivity contribution is -0.136. The van der Waals surface area contributed by atoms with Gasteiger partial charge in [0, 0.05) is 5.70 Å². The molecule has 24 heavy (non-hydrogen) atoms. The predicted octanol–water partition coefficient (Wildman–Crippen LogP) is 2.28. The minimum Gasteiger partial charge on any atom is -0.493 e. The van der Waals surface area contributed by atoms with E-state index in [0.717, 1.165) is 0 Å². The molecule has 0 saturated carbocycles. The van der Waals surface area contributed by atoms with Crippen LogP contribution in [0.1, 0.15) is 32.4 Å². The summed E-state index contributed by atoms with van der Waals surface area (Å²) in [6.45, 7) is 5.50. The van der Waals surface area contributed by atoms with E-state index in [1.807, 2.05) is 13.8 Å². The van der Waals surface area contributed by atoms with E-state index >= 15 is 0 Å². The quantitative estimate of drug-likeness (QED) is 0.807. The van der Waals surface area contributed by atoms with E-state index in [2.05, 4.69) is 10.6 Å². The minimum absolute atomic E-state index is 0.00361. The van der Waals surface area contributed by atoms with Gasteiger partial charge < -0.3 is 24.8 Å². The highest BCUT2D eigenvalue weighted by molar-refractivity contribution is 5.94. The molecule has 7 nitrogen and oxygen atoms in total. The SMILES string of the molecule is COC(=O)C1=C(C)NC(=O)N[C@@H]1c1ccc(OC(C)C)c(OC)c1. The van der Waals surface area contributed by atoms with Gasteiger partial charge in [-0.3, -0.25) is 0 Å². The van der Waals surface area contributed by atoms with Gasteiger partial charge in [-0.2, -0.15) is 0 Å². The van der Waals surface area contributed by atoms with Gasteiger partial charge in [0.2, 0.25) is 0 Å². The third-order valence-electron chi connectivity index (χ3n) is 3.56. The zero-order valence-electron chi connectivity index (χ0n) is 14.4. The molecule has 1 aliphatic heterocycles. The van der Waals surface area contributed by atoms with Gasteiger partial charge in [0.1, 0.15) is 0 Å². The molecular formula is C17H22N2O5. The molecule has 2 N–H and O–H groups in total. The molecule has 0 saturated heterocycles. The van der Waals surface area contributed by atoms with Crippen LogP contribution in [-0.4, -0.2) is 32.3 Å². The van der Waals surface area contributed by atoms with Crippen molar-refractivity contribution in [2.45, 2.75) is 32.9 Å². The number of ether oxygens (including phenoxy) is 3. The zero-order valence-corrected chi connectivity index (χ0v) is 14.4. The number of nitrogens with one attached hydrogen (secondary N) is 2. The Morgan fingerprint density at radius 1 is 1.21 bits per heavy atom. The number of methoxy groups -OCH3 is 2. The summed E-state index contributed by atoms with van der Waals surface area (Å²) in [5.74, 6) is 0.610. The fraction of sp³-hybridized carbons (Fsp3) is 0.412. The van der Waals surface area contributed by atoms with Crippen LogP contribution in [0.4, 0.5) is 4.79 Å². The molecule has 1 aliphatic rings. The Hall–Kier alpha value is -2.70. The van der Waals surface area contributed by atoms with Crippen molar-refractivity contribution in [3.63, 3.8) is 0 Å². The first-order valence-corrected chi connectivity index (χ1v) is 7.58. The van der Waals surface area contributed by atoms with Crippen LogP contribution in [0.2, 0.25) is 0 Å². The average molecular weight is 334 g/mol. The normalized spacial score (nSPS) is 17.2. The van der Waals surface area contributed by atoms with Crippen molar-refractivity contribution in [1.82, 2.24) is 10.6 Å². The van der Waals surface area contributed by atoms with Crippen molar-refractivity contribution in [3.8, 4) is 11.5 Å². The molecule has 0 radical (unpaired) electrons. The van der Waals surface area contributed by atoms with E-state index in [-0.39, 0.29) is 12.1 Å². The number of rotatable bonds is 5. The number of benzene rings is 1. The molecule has 0 fully saturated rings. The second-order valence-electron chi connectivity index (χ2n) is 5.64. The first-order chi connectivity index (χ1) is 11.4. The largest absolute Gasteiger partial charge is 0.493 e. The lowest BCUT2D eigenvalue weighted by Crippen LogP contribution is -2.45. The van der Waals surface area contributed by atoms with Crippen LogP contribution in [0, 0.1) is 0 Å². The second-order valence-corrected chi connectivity index (χ2v) is 5.64. The summed E-state index contributed by atoms with van der Waals surface area (Å²) < 4.78 is 15.9. The maximum Gasteiger partial charge on any atom is 0.337 e. The molecule has 0 aromatic heterocycles. The lowest BCUT2D eigenvalue weighted by atomic mass is 9.95. The van der Waals surface area contributed by atoms with Gasteiger partial charge in [0.05, 0.1) is 31.9 Å². The van der Waals surface area contributed by atoms with Gasteiger partial charge in [-0.05, 0) is 38.5 Å². The molecule has 130 valence electrons. The Morgan fingerprint density at radius 2 is 1.92 bits per heavy atom. The molecule has 0 unspecified atom stereocenters. The number of hydrogen-bond donors (Lipinski definition) is 2. The Bertz CT molecular complexity index is 682. The third-order valence-corrected chi connectivity index (χ3v) is 3.56. The first-order valence-electron chi connectivity index (χ1n) is 7.58. The van der Waals surface area contributed by atoms with E-state index < -0.39 is 12.0 Å². The number of esters is 1. The Balaban J connectivity index is 2.46. The Kier molecular flexibility index (Phi) is 5.33.